The molecule has 0 unspecified atom stereocenters. The molecule has 3 nitrogen and oxygen atoms in total. The highest BCUT2D eigenvalue weighted by molar-refractivity contribution is 5.70. The van der Waals surface area contributed by atoms with Gasteiger partial charge in [-0.15, -0.1) is 0 Å². The van der Waals surface area contributed by atoms with E-state index >= 15 is 0 Å². The Bertz CT molecular complexity index is 498. The van der Waals surface area contributed by atoms with Crippen LogP contribution in [-0.4, -0.2) is 11.1 Å². The summed E-state index contributed by atoms with van der Waals surface area (Å²) in [5.74, 6) is 3.44. The third kappa shape index (κ3) is 3.72. The van der Waals surface area contributed by atoms with E-state index in [0.29, 0.717) is 0 Å². The standard InChI is InChI=1S/C11H8F3NO2/c12-11(13,14)8-6-7(4-5-9(8)15)2-1-3-10(16)17/h4-6H,3,15H2,(H,16,17). The number of halogens is 3. The Morgan fingerprint density at radius 2 is 2.06 bits per heavy atom. The second-order valence-corrected chi connectivity index (χ2v) is 3.17. The van der Waals surface area contributed by atoms with Crippen LogP contribution in [0, 0.1) is 11.8 Å². The second-order valence-electron chi connectivity index (χ2n) is 3.17. The number of carbonyl (C=O) groups is 1. The molecule has 0 fully saturated rings. The van der Waals surface area contributed by atoms with E-state index in [-0.39, 0.29) is 11.3 Å². The molecule has 0 aliphatic rings. The van der Waals surface area contributed by atoms with Gasteiger partial charge in [0.25, 0.3) is 0 Å². The van der Waals surface area contributed by atoms with Gasteiger partial charge >= 0.3 is 12.1 Å². The van der Waals surface area contributed by atoms with Crippen molar-refractivity contribution in [3.63, 3.8) is 0 Å². The number of anilines is 1. The van der Waals surface area contributed by atoms with E-state index in [2.05, 4.69) is 11.8 Å². The molecule has 0 heterocycles. The quantitative estimate of drug-likeness (QED) is 0.586. The molecule has 0 spiro atoms. The number of nitrogen functional groups attached to an aromatic ring is 1. The minimum Gasteiger partial charge on any atom is -0.481 e. The van der Waals surface area contributed by atoms with Crippen LogP contribution in [0.4, 0.5) is 18.9 Å². The van der Waals surface area contributed by atoms with Crippen LogP contribution in [0.25, 0.3) is 0 Å². The Kier molecular flexibility index (Phi) is 3.63. The highest BCUT2D eigenvalue weighted by Gasteiger charge is 2.32. The minimum atomic E-state index is -4.55. The molecule has 3 N–H and O–H groups in total. The number of nitrogens with two attached hydrogens (primary N) is 1. The number of hydrogen-bond donors (Lipinski definition) is 2. The predicted molar refractivity (Wildman–Crippen MR) is 55.0 cm³/mol. The average Bonchev–Trinajstić information content (AvgIpc) is 2.18. The van der Waals surface area contributed by atoms with Gasteiger partial charge < -0.3 is 10.8 Å². The lowest BCUT2D eigenvalue weighted by atomic mass is 10.1. The molecule has 0 aliphatic carbocycles. The van der Waals surface area contributed by atoms with Crippen molar-refractivity contribution in [3.05, 3.63) is 29.3 Å². The first-order valence-corrected chi connectivity index (χ1v) is 4.48. The van der Waals surface area contributed by atoms with Gasteiger partial charge in [-0.2, -0.15) is 13.2 Å². The van der Waals surface area contributed by atoms with Crippen LogP contribution in [0.1, 0.15) is 17.5 Å². The molecule has 90 valence electrons. The zero-order valence-electron chi connectivity index (χ0n) is 8.51. The summed E-state index contributed by atoms with van der Waals surface area (Å²) in [6.07, 6.45) is -4.97. The van der Waals surface area contributed by atoms with E-state index in [0.717, 1.165) is 12.1 Å². The van der Waals surface area contributed by atoms with E-state index in [9.17, 15) is 18.0 Å². The summed E-state index contributed by atoms with van der Waals surface area (Å²) in [4.78, 5) is 10.2. The molecule has 1 aromatic rings. The molecule has 0 saturated heterocycles. The Morgan fingerprint density at radius 1 is 1.41 bits per heavy atom. The summed E-state index contributed by atoms with van der Waals surface area (Å²) in [6, 6.07) is 3.19. The van der Waals surface area contributed by atoms with Gasteiger partial charge in [0.05, 0.1) is 5.56 Å². The number of hydrogen-bond acceptors (Lipinski definition) is 2. The largest absolute Gasteiger partial charge is 0.481 e. The Hall–Kier alpha value is -2.16. The summed E-state index contributed by atoms with van der Waals surface area (Å²) < 4.78 is 37.4. The fourth-order valence-corrected chi connectivity index (χ4v) is 1.10. The van der Waals surface area contributed by atoms with E-state index in [4.69, 9.17) is 10.8 Å². The fraction of sp³-hybridized carbons (Fsp3) is 0.182. The molecule has 0 aliphatic heterocycles. The first kappa shape index (κ1) is 12.9. The van der Waals surface area contributed by atoms with Gasteiger partial charge in [0, 0.05) is 11.3 Å². The molecule has 0 saturated carbocycles. The predicted octanol–water partition coefficient (Wildman–Crippen LogP) is 2.11. The van der Waals surface area contributed by atoms with Gasteiger partial charge in [0.1, 0.15) is 6.42 Å². The molecule has 1 rings (SSSR count). The van der Waals surface area contributed by atoms with Crippen LogP contribution in [0.2, 0.25) is 0 Å². The Morgan fingerprint density at radius 3 is 2.59 bits per heavy atom. The molecule has 0 bridgehead atoms. The van der Waals surface area contributed by atoms with Crippen LogP contribution in [-0.2, 0) is 11.0 Å². The number of carboxylic acid groups (broad SMARTS) is 1. The summed E-state index contributed by atoms with van der Waals surface area (Å²) in [5.41, 5.74) is 3.91. The van der Waals surface area contributed by atoms with Gasteiger partial charge in [-0.3, -0.25) is 4.79 Å². The average molecular weight is 243 g/mol. The first-order chi connectivity index (χ1) is 7.80. The highest BCUT2D eigenvalue weighted by Crippen LogP contribution is 2.33. The van der Waals surface area contributed by atoms with Gasteiger partial charge in [0.2, 0.25) is 0 Å². The second kappa shape index (κ2) is 4.78. The number of alkyl halides is 3. The maximum absolute atomic E-state index is 12.5. The van der Waals surface area contributed by atoms with Gasteiger partial charge in [-0.1, -0.05) is 11.8 Å². The summed E-state index contributed by atoms with van der Waals surface area (Å²) in [7, 11) is 0. The molecule has 17 heavy (non-hydrogen) atoms. The van der Waals surface area contributed by atoms with Gasteiger partial charge in [0.15, 0.2) is 0 Å². The van der Waals surface area contributed by atoms with Crippen molar-refractivity contribution in [3.8, 4) is 11.8 Å². The minimum absolute atomic E-state index is 0.0766. The van der Waals surface area contributed by atoms with E-state index in [1.165, 1.54) is 6.07 Å². The summed E-state index contributed by atoms with van der Waals surface area (Å²) in [5, 5.41) is 8.32. The van der Waals surface area contributed by atoms with E-state index in [1.54, 1.807) is 0 Å². The number of aliphatic carboxylic acids is 1. The molecule has 0 atom stereocenters. The van der Waals surface area contributed by atoms with Crippen molar-refractivity contribution in [2.24, 2.45) is 0 Å². The van der Waals surface area contributed by atoms with E-state index in [1.807, 2.05) is 0 Å². The lowest BCUT2D eigenvalue weighted by Crippen LogP contribution is -2.09. The maximum Gasteiger partial charge on any atom is 0.418 e. The van der Waals surface area contributed by atoms with Crippen molar-refractivity contribution < 1.29 is 23.1 Å². The normalized spacial score (nSPS) is 10.5. The van der Waals surface area contributed by atoms with Crippen molar-refractivity contribution in [2.45, 2.75) is 12.6 Å². The van der Waals surface area contributed by atoms with Crippen LogP contribution >= 0.6 is 0 Å². The van der Waals surface area contributed by atoms with Crippen molar-refractivity contribution in [2.75, 3.05) is 5.73 Å². The molecule has 6 heteroatoms. The molecular weight excluding hydrogens is 235 g/mol. The summed E-state index contributed by atoms with van der Waals surface area (Å²) >= 11 is 0. The van der Waals surface area contributed by atoms with Crippen LogP contribution < -0.4 is 5.73 Å². The van der Waals surface area contributed by atoms with Crippen molar-refractivity contribution >= 4 is 11.7 Å². The van der Waals surface area contributed by atoms with Gasteiger partial charge in [-0.25, -0.2) is 0 Å². The van der Waals surface area contributed by atoms with Crippen molar-refractivity contribution in [1.82, 2.24) is 0 Å². The monoisotopic (exact) mass is 243 g/mol. The molecule has 0 amide bonds. The maximum atomic E-state index is 12.5. The topological polar surface area (TPSA) is 63.3 Å². The zero-order valence-corrected chi connectivity index (χ0v) is 8.51. The van der Waals surface area contributed by atoms with Crippen LogP contribution in [0.15, 0.2) is 18.2 Å². The summed E-state index contributed by atoms with van der Waals surface area (Å²) in [6.45, 7) is 0. The number of rotatable bonds is 1. The zero-order chi connectivity index (χ0) is 13.1. The lowest BCUT2D eigenvalue weighted by Gasteiger charge is -2.09. The first-order valence-electron chi connectivity index (χ1n) is 4.48. The Balaban J connectivity index is 3.04. The third-order valence-corrected chi connectivity index (χ3v) is 1.83. The van der Waals surface area contributed by atoms with Crippen LogP contribution in [0.3, 0.4) is 0 Å². The molecule has 0 radical (unpaired) electrons. The fourth-order valence-electron chi connectivity index (χ4n) is 1.10. The van der Waals surface area contributed by atoms with Crippen LogP contribution in [0.5, 0.6) is 0 Å². The van der Waals surface area contributed by atoms with Gasteiger partial charge in [-0.05, 0) is 18.2 Å². The molecule has 0 aromatic heterocycles. The van der Waals surface area contributed by atoms with Crippen molar-refractivity contribution in [1.29, 1.82) is 0 Å². The molecular formula is C11H8F3NO2. The smallest absolute Gasteiger partial charge is 0.418 e. The molecule has 1 aromatic carbocycles. The number of benzene rings is 1. The highest BCUT2D eigenvalue weighted by atomic mass is 19.4. The van der Waals surface area contributed by atoms with E-state index < -0.39 is 24.1 Å². The lowest BCUT2D eigenvalue weighted by molar-refractivity contribution is -0.137. The Labute approximate surface area is 95.0 Å². The number of carboxylic acids is 1. The third-order valence-electron chi connectivity index (χ3n) is 1.83. The SMILES string of the molecule is Nc1ccc(C#CCC(=O)O)cc1C(F)(F)F.